The Morgan fingerprint density at radius 1 is 1.39 bits per heavy atom. The first-order valence-corrected chi connectivity index (χ1v) is 8.03. The molecule has 0 radical (unpaired) electrons. The maximum atomic E-state index is 5.70. The largest absolute Gasteiger partial charge is 0.481 e. The van der Waals surface area contributed by atoms with Gasteiger partial charge >= 0.3 is 0 Å². The van der Waals surface area contributed by atoms with Crippen LogP contribution in [0, 0.1) is 6.92 Å². The fourth-order valence-corrected chi connectivity index (χ4v) is 3.06. The average Bonchev–Trinajstić information content (AvgIpc) is 2.99. The molecule has 1 unspecified atom stereocenters. The molecule has 0 amide bonds. The van der Waals surface area contributed by atoms with Crippen LogP contribution in [0.15, 0.2) is 28.8 Å². The molecular weight excluding hydrogens is 292 g/mol. The van der Waals surface area contributed by atoms with Crippen LogP contribution in [0.25, 0.3) is 0 Å². The zero-order chi connectivity index (χ0) is 16.2. The fraction of sp³-hybridized carbons (Fsp3) is 0.529. The molecule has 124 valence electrons. The molecule has 1 fully saturated rings. The normalized spacial score (nSPS) is 18.8. The summed E-state index contributed by atoms with van der Waals surface area (Å²) < 4.78 is 10.9. The highest BCUT2D eigenvalue weighted by molar-refractivity contribution is 5.32. The number of aromatic nitrogens is 2. The Balaban J connectivity index is 1.65. The number of likely N-dealkylation sites (tertiary alicyclic amines) is 1. The second-order valence-corrected chi connectivity index (χ2v) is 6.05. The van der Waals surface area contributed by atoms with Crippen molar-refractivity contribution < 1.29 is 9.15 Å². The van der Waals surface area contributed by atoms with Crippen LogP contribution in [0.1, 0.15) is 24.4 Å². The van der Waals surface area contributed by atoms with Crippen molar-refractivity contribution in [2.24, 2.45) is 0 Å². The molecule has 2 aromatic rings. The number of nitrogens with zero attached hydrogens (tertiary/aromatic N) is 4. The van der Waals surface area contributed by atoms with Gasteiger partial charge in [0, 0.05) is 31.9 Å². The molecule has 0 saturated carbocycles. The van der Waals surface area contributed by atoms with E-state index in [1.807, 2.05) is 13.0 Å². The molecule has 1 atom stereocenters. The standard InChI is InChI=1S/C17H24N4O2/c1-13-6-7-15(23-13)12-21-10-4-5-14(11-21)20(2)17-18-9-8-16(19-17)22-3/h6-9,14H,4-5,10-12H2,1-3H3. The molecule has 6 nitrogen and oxygen atoms in total. The van der Waals surface area contributed by atoms with Gasteiger partial charge in [-0.25, -0.2) is 4.98 Å². The van der Waals surface area contributed by atoms with Gasteiger partial charge < -0.3 is 14.1 Å². The predicted octanol–water partition coefficient (Wildman–Crippen LogP) is 2.49. The van der Waals surface area contributed by atoms with E-state index in [-0.39, 0.29) is 0 Å². The first kappa shape index (κ1) is 15.8. The number of likely N-dealkylation sites (N-methyl/N-ethyl adjacent to an activating group) is 1. The van der Waals surface area contributed by atoms with Gasteiger partial charge in [-0.05, 0) is 38.4 Å². The maximum Gasteiger partial charge on any atom is 0.228 e. The van der Waals surface area contributed by atoms with Gasteiger partial charge in [-0.15, -0.1) is 0 Å². The number of rotatable bonds is 5. The minimum Gasteiger partial charge on any atom is -0.481 e. The lowest BCUT2D eigenvalue weighted by Crippen LogP contribution is -2.46. The highest BCUT2D eigenvalue weighted by Gasteiger charge is 2.25. The van der Waals surface area contributed by atoms with Crippen LogP contribution in [0.2, 0.25) is 0 Å². The van der Waals surface area contributed by atoms with Gasteiger partial charge in [0.2, 0.25) is 11.8 Å². The van der Waals surface area contributed by atoms with E-state index in [9.17, 15) is 0 Å². The highest BCUT2D eigenvalue weighted by atomic mass is 16.5. The van der Waals surface area contributed by atoms with Crippen molar-refractivity contribution in [3.05, 3.63) is 35.9 Å². The minimum atomic E-state index is 0.395. The number of anilines is 1. The molecule has 0 N–H and O–H groups in total. The number of hydrogen-bond acceptors (Lipinski definition) is 6. The minimum absolute atomic E-state index is 0.395. The lowest BCUT2D eigenvalue weighted by Gasteiger charge is -2.37. The maximum absolute atomic E-state index is 5.70. The third-order valence-electron chi connectivity index (χ3n) is 4.35. The highest BCUT2D eigenvalue weighted by Crippen LogP contribution is 2.21. The Morgan fingerprint density at radius 2 is 2.26 bits per heavy atom. The van der Waals surface area contributed by atoms with Crippen LogP contribution in [0.5, 0.6) is 5.88 Å². The van der Waals surface area contributed by atoms with Crippen LogP contribution >= 0.6 is 0 Å². The van der Waals surface area contributed by atoms with E-state index in [0.29, 0.717) is 17.9 Å². The first-order valence-electron chi connectivity index (χ1n) is 8.03. The Hall–Kier alpha value is -2.08. The number of ether oxygens (including phenoxy) is 1. The van der Waals surface area contributed by atoms with Crippen molar-refractivity contribution in [2.75, 3.05) is 32.1 Å². The third-order valence-corrected chi connectivity index (χ3v) is 4.35. The van der Waals surface area contributed by atoms with E-state index in [1.54, 1.807) is 19.4 Å². The topological polar surface area (TPSA) is 54.6 Å². The molecular formula is C17H24N4O2. The molecule has 1 aliphatic rings. The summed E-state index contributed by atoms with van der Waals surface area (Å²) >= 11 is 0. The summed E-state index contributed by atoms with van der Waals surface area (Å²) in [6.07, 6.45) is 4.05. The van der Waals surface area contributed by atoms with Crippen molar-refractivity contribution in [1.29, 1.82) is 0 Å². The summed E-state index contributed by atoms with van der Waals surface area (Å²) in [7, 11) is 3.68. The van der Waals surface area contributed by atoms with Gasteiger partial charge in [-0.1, -0.05) is 0 Å². The summed E-state index contributed by atoms with van der Waals surface area (Å²) in [4.78, 5) is 13.4. The lowest BCUT2D eigenvalue weighted by molar-refractivity contribution is 0.184. The molecule has 3 rings (SSSR count). The third kappa shape index (κ3) is 3.82. The van der Waals surface area contributed by atoms with Crippen molar-refractivity contribution in [2.45, 2.75) is 32.4 Å². The zero-order valence-electron chi connectivity index (χ0n) is 14.0. The smallest absolute Gasteiger partial charge is 0.228 e. The summed E-state index contributed by atoms with van der Waals surface area (Å²) in [5.41, 5.74) is 0. The van der Waals surface area contributed by atoms with Crippen LogP contribution in [-0.2, 0) is 6.54 Å². The quantitative estimate of drug-likeness (QED) is 0.845. The first-order chi connectivity index (χ1) is 11.2. The van der Waals surface area contributed by atoms with Gasteiger partial charge in [0.05, 0.1) is 13.7 Å². The summed E-state index contributed by atoms with van der Waals surface area (Å²) in [5.74, 6) is 3.31. The van der Waals surface area contributed by atoms with Gasteiger partial charge in [0.15, 0.2) is 0 Å². The molecule has 0 bridgehead atoms. The molecule has 0 aliphatic carbocycles. The number of aryl methyl sites for hydroxylation is 1. The average molecular weight is 316 g/mol. The number of methoxy groups -OCH3 is 1. The number of hydrogen-bond donors (Lipinski definition) is 0. The van der Waals surface area contributed by atoms with Crippen molar-refractivity contribution in [3.8, 4) is 5.88 Å². The summed E-state index contributed by atoms with van der Waals surface area (Å²) in [6.45, 7) is 4.92. The van der Waals surface area contributed by atoms with Gasteiger partial charge in [0.25, 0.3) is 0 Å². The zero-order valence-corrected chi connectivity index (χ0v) is 14.0. The summed E-state index contributed by atoms with van der Waals surface area (Å²) in [6, 6.07) is 6.25. The fourth-order valence-electron chi connectivity index (χ4n) is 3.06. The van der Waals surface area contributed by atoms with Crippen LogP contribution in [0.3, 0.4) is 0 Å². The van der Waals surface area contributed by atoms with Gasteiger partial charge in [-0.2, -0.15) is 4.98 Å². The number of furan rings is 1. The molecule has 1 aliphatic heterocycles. The van der Waals surface area contributed by atoms with E-state index in [2.05, 4.69) is 32.9 Å². The van der Waals surface area contributed by atoms with Crippen LogP contribution in [-0.4, -0.2) is 48.2 Å². The lowest BCUT2D eigenvalue weighted by atomic mass is 10.0. The van der Waals surface area contributed by atoms with Gasteiger partial charge in [-0.3, -0.25) is 4.90 Å². The van der Waals surface area contributed by atoms with E-state index in [1.165, 1.54) is 6.42 Å². The Labute approximate surface area is 137 Å². The van der Waals surface area contributed by atoms with E-state index >= 15 is 0 Å². The van der Waals surface area contributed by atoms with Crippen LogP contribution < -0.4 is 9.64 Å². The molecule has 0 spiro atoms. The van der Waals surface area contributed by atoms with E-state index in [0.717, 1.165) is 37.6 Å². The molecule has 3 heterocycles. The second kappa shape index (κ2) is 7.00. The molecule has 1 saturated heterocycles. The monoisotopic (exact) mass is 316 g/mol. The predicted molar refractivity (Wildman–Crippen MR) is 88.7 cm³/mol. The Kier molecular flexibility index (Phi) is 4.81. The number of piperidine rings is 1. The molecule has 23 heavy (non-hydrogen) atoms. The Morgan fingerprint density at radius 3 is 3.00 bits per heavy atom. The molecule has 0 aromatic carbocycles. The van der Waals surface area contributed by atoms with E-state index < -0.39 is 0 Å². The summed E-state index contributed by atoms with van der Waals surface area (Å²) in [5, 5.41) is 0. The second-order valence-electron chi connectivity index (χ2n) is 6.05. The van der Waals surface area contributed by atoms with Gasteiger partial charge in [0.1, 0.15) is 11.5 Å². The SMILES string of the molecule is COc1ccnc(N(C)C2CCCN(Cc3ccc(C)o3)C2)n1. The molecule has 6 heteroatoms. The van der Waals surface area contributed by atoms with Crippen LogP contribution in [0.4, 0.5) is 5.95 Å². The van der Waals surface area contributed by atoms with Crippen molar-refractivity contribution >= 4 is 5.95 Å². The molecule has 2 aromatic heterocycles. The van der Waals surface area contributed by atoms with Crippen molar-refractivity contribution in [3.63, 3.8) is 0 Å². The van der Waals surface area contributed by atoms with E-state index in [4.69, 9.17) is 9.15 Å². The Bertz CT molecular complexity index is 643. The van der Waals surface area contributed by atoms with Crippen molar-refractivity contribution in [1.82, 2.24) is 14.9 Å².